The minimum Gasteiger partial charge on any atom is -0.492 e. The molecule has 0 aromatic carbocycles. The van der Waals surface area contributed by atoms with E-state index in [1.807, 2.05) is 30.8 Å². The van der Waals surface area contributed by atoms with E-state index < -0.39 is 0 Å². The van der Waals surface area contributed by atoms with E-state index in [2.05, 4.69) is 17.2 Å². The second-order valence-corrected chi connectivity index (χ2v) is 5.51. The zero-order valence-electron chi connectivity index (χ0n) is 11.0. The first-order valence-electron chi connectivity index (χ1n) is 6.24. The Labute approximate surface area is 122 Å². The number of nitrogens with one attached hydrogen (secondary N) is 1. The van der Waals surface area contributed by atoms with E-state index in [9.17, 15) is 0 Å². The number of ether oxygens (including phenoxy) is 1. The molecule has 0 aliphatic heterocycles. The van der Waals surface area contributed by atoms with Crippen LogP contribution in [0.4, 0.5) is 0 Å². The molecular formula is C14H17ClN2OS. The van der Waals surface area contributed by atoms with Crippen molar-refractivity contribution in [2.45, 2.75) is 19.4 Å². The van der Waals surface area contributed by atoms with Crippen LogP contribution in [-0.4, -0.2) is 18.6 Å². The average molecular weight is 297 g/mol. The summed E-state index contributed by atoms with van der Waals surface area (Å²) in [6.45, 7) is 2.79. The van der Waals surface area contributed by atoms with Crippen LogP contribution in [0.3, 0.4) is 0 Å². The smallest absolute Gasteiger partial charge is 0.137 e. The second-order valence-electron chi connectivity index (χ2n) is 4.16. The SMILES string of the molecule is CCCOc1cncc(C(NC)c2sccc2Cl)c1. The van der Waals surface area contributed by atoms with Crippen molar-refractivity contribution in [3.05, 3.63) is 45.4 Å². The summed E-state index contributed by atoms with van der Waals surface area (Å²) in [5, 5.41) is 6.05. The molecule has 0 bridgehead atoms. The molecule has 102 valence electrons. The Morgan fingerprint density at radius 3 is 2.95 bits per heavy atom. The van der Waals surface area contributed by atoms with Crippen molar-refractivity contribution in [3.8, 4) is 5.75 Å². The van der Waals surface area contributed by atoms with Crippen LogP contribution in [0.5, 0.6) is 5.75 Å². The molecule has 2 rings (SSSR count). The van der Waals surface area contributed by atoms with Crippen LogP contribution >= 0.6 is 22.9 Å². The molecule has 2 aromatic heterocycles. The Morgan fingerprint density at radius 2 is 2.32 bits per heavy atom. The van der Waals surface area contributed by atoms with Gasteiger partial charge in [-0.05, 0) is 36.5 Å². The summed E-state index contributed by atoms with van der Waals surface area (Å²) in [6.07, 6.45) is 4.56. The summed E-state index contributed by atoms with van der Waals surface area (Å²) in [6, 6.07) is 3.97. The Bertz CT molecular complexity index is 530. The van der Waals surface area contributed by atoms with Gasteiger partial charge >= 0.3 is 0 Å². The normalized spacial score (nSPS) is 12.4. The fourth-order valence-electron chi connectivity index (χ4n) is 1.85. The molecule has 0 aliphatic rings. The lowest BCUT2D eigenvalue weighted by Crippen LogP contribution is -2.17. The van der Waals surface area contributed by atoms with Gasteiger partial charge in [0, 0.05) is 11.1 Å². The third kappa shape index (κ3) is 3.47. The number of halogens is 1. The van der Waals surface area contributed by atoms with Gasteiger partial charge in [0.2, 0.25) is 0 Å². The van der Waals surface area contributed by atoms with Gasteiger partial charge in [0.1, 0.15) is 5.75 Å². The molecule has 19 heavy (non-hydrogen) atoms. The quantitative estimate of drug-likeness (QED) is 0.878. The Balaban J connectivity index is 2.26. The molecule has 1 unspecified atom stereocenters. The highest BCUT2D eigenvalue weighted by atomic mass is 35.5. The molecular weight excluding hydrogens is 280 g/mol. The van der Waals surface area contributed by atoms with Crippen molar-refractivity contribution < 1.29 is 4.74 Å². The largest absolute Gasteiger partial charge is 0.492 e. The molecule has 0 spiro atoms. The highest BCUT2D eigenvalue weighted by Gasteiger charge is 2.17. The fourth-order valence-corrected chi connectivity index (χ4v) is 3.15. The van der Waals surface area contributed by atoms with Gasteiger partial charge in [-0.25, -0.2) is 0 Å². The molecule has 1 atom stereocenters. The second kappa shape index (κ2) is 6.89. The van der Waals surface area contributed by atoms with E-state index in [1.54, 1.807) is 17.5 Å². The van der Waals surface area contributed by atoms with E-state index in [4.69, 9.17) is 16.3 Å². The van der Waals surface area contributed by atoms with E-state index >= 15 is 0 Å². The van der Waals surface area contributed by atoms with Crippen molar-refractivity contribution in [2.24, 2.45) is 0 Å². The predicted molar refractivity (Wildman–Crippen MR) is 80.3 cm³/mol. The maximum Gasteiger partial charge on any atom is 0.137 e. The highest BCUT2D eigenvalue weighted by Crippen LogP contribution is 2.33. The van der Waals surface area contributed by atoms with Crippen LogP contribution < -0.4 is 10.1 Å². The van der Waals surface area contributed by atoms with E-state index in [0.29, 0.717) is 6.61 Å². The average Bonchev–Trinajstić information content (AvgIpc) is 2.84. The third-order valence-corrected chi connectivity index (χ3v) is 4.16. The summed E-state index contributed by atoms with van der Waals surface area (Å²) in [5.74, 6) is 0.798. The van der Waals surface area contributed by atoms with Crippen LogP contribution in [-0.2, 0) is 0 Å². The van der Waals surface area contributed by atoms with E-state index in [1.165, 1.54) is 0 Å². The van der Waals surface area contributed by atoms with Crippen LogP contribution in [0.1, 0.15) is 29.8 Å². The van der Waals surface area contributed by atoms with Crippen LogP contribution in [0.15, 0.2) is 29.9 Å². The van der Waals surface area contributed by atoms with Crippen molar-refractivity contribution in [2.75, 3.05) is 13.7 Å². The van der Waals surface area contributed by atoms with Gasteiger partial charge in [0.15, 0.2) is 0 Å². The van der Waals surface area contributed by atoms with Gasteiger partial charge in [0.05, 0.1) is 23.9 Å². The lowest BCUT2D eigenvalue weighted by Gasteiger charge is -2.16. The summed E-state index contributed by atoms with van der Waals surface area (Å²) < 4.78 is 5.62. The minimum atomic E-state index is 0.0465. The monoisotopic (exact) mass is 296 g/mol. The van der Waals surface area contributed by atoms with Crippen molar-refractivity contribution in [1.82, 2.24) is 10.3 Å². The molecule has 3 nitrogen and oxygen atoms in total. The number of pyridine rings is 1. The first-order chi connectivity index (χ1) is 9.26. The topological polar surface area (TPSA) is 34.1 Å². The van der Waals surface area contributed by atoms with Crippen molar-refractivity contribution in [1.29, 1.82) is 0 Å². The van der Waals surface area contributed by atoms with Gasteiger partial charge in [-0.1, -0.05) is 18.5 Å². The molecule has 1 N–H and O–H groups in total. The van der Waals surface area contributed by atoms with Gasteiger partial charge in [-0.15, -0.1) is 11.3 Å². The van der Waals surface area contributed by atoms with Crippen LogP contribution in [0, 0.1) is 0 Å². The summed E-state index contributed by atoms with van der Waals surface area (Å²) in [4.78, 5) is 5.34. The zero-order valence-corrected chi connectivity index (χ0v) is 12.6. The number of hydrogen-bond acceptors (Lipinski definition) is 4. The van der Waals surface area contributed by atoms with Crippen molar-refractivity contribution >= 4 is 22.9 Å². The maximum atomic E-state index is 6.21. The number of aromatic nitrogens is 1. The molecule has 2 heterocycles. The lowest BCUT2D eigenvalue weighted by molar-refractivity contribution is 0.315. The number of thiophene rings is 1. The zero-order chi connectivity index (χ0) is 13.7. The molecule has 2 aromatic rings. The standard InChI is InChI=1S/C14H17ClN2OS/c1-3-5-18-11-7-10(8-17-9-11)13(16-2)14-12(15)4-6-19-14/h4,6-9,13,16H,3,5H2,1-2H3. The molecule has 0 saturated carbocycles. The highest BCUT2D eigenvalue weighted by molar-refractivity contribution is 7.10. The maximum absolute atomic E-state index is 6.21. The number of hydrogen-bond donors (Lipinski definition) is 1. The molecule has 0 radical (unpaired) electrons. The molecule has 0 saturated heterocycles. The molecule has 0 fully saturated rings. The fraction of sp³-hybridized carbons (Fsp3) is 0.357. The predicted octanol–water partition coefficient (Wildman–Crippen LogP) is 3.89. The first kappa shape index (κ1) is 14.3. The minimum absolute atomic E-state index is 0.0465. The van der Waals surface area contributed by atoms with Gasteiger partial charge in [0.25, 0.3) is 0 Å². The first-order valence-corrected chi connectivity index (χ1v) is 7.50. The van der Waals surface area contributed by atoms with Crippen molar-refractivity contribution in [3.63, 3.8) is 0 Å². The Kier molecular flexibility index (Phi) is 5.19. The summed E-state index contributed by atoms with van der Waals surface area (Å²) in [5.41, 5.74) is 1.06. The molecule has 5 heteroatoms. The third-order valence-electron chi connectivity index (χ3n) is 2.74. The summed E-state index contributed by atoms with van der Waals surface area (Å²) in [7, 11) is 1.92. The Hall–Kier alpha value is -1.10. The van der Waals surface area contributed by atoms with Gasteiger partial charge < -0.3 is 10.1 Å². The van der Waals surface area contributed by atoms with E-state index in [-0.39, 0.29) is 6.04 Å². The van der Waals surface area contributed by atoms with E-state index in [0.717, 1.165) is 27.6 Å². The van der Waals surface area contributed by atoms with Crippen LogP contribution in [0.2, 0.25) is 5.02 Å². The number of rotatable bonds is 6. The van der Waals surface area contributed by atoms with Gasteiger partial charge in [-0.2, -0.15) is 0 Å². The van der Waals surface area contributed by atoms with Gasteiger partial charge in [-0.3, -0.25) is 4.98 Å². The van der Waals surface area contributed by atoms with Crippen LogP contribution in [0.25, 0.3) is 0 Å². The molecule has 0 amide bonds. The summed E-state index contributed by atoms with van der Waals surface area (Å²) >= 11 is 7.84. The number of nitrogens with zero attached hydrogens (tertiary/aromatic N) is 1. The lowest BCUT2D eigenvalue weighted by atomic mass is 10.1. The molecule has 0 aliphatic carbocycles. The Morgan fingerprint density at radius 1 is 1.47 bits per heavy atom.